The van der Waals surface area contributed by atoms with Gasteiger partial charge in [-0.2, -0.15) is 0 Å². The van der Waals surface area contributed by atoms with E-state index in [2.05, 4.69) is 10.3 Å². The van der Waals surface area contributed by atoms with Gasteiger partial charge in [0.1, 0.15) is 5.75 Å². The molecule has 140 valence electrons. The normalized spacial score (nSPS) is 10.3. The van der Waals surface area contributed by atoms with Gasteiger partial charge in [-0.1, -0.05) is 12.1 Å². The summed E-state index contributed by atoms with van der Waals surface area (Å²) < 4.78 is 16.1. The maximum Gasteiger partial charge on any atom is 0.261 e. The lowest BCUT2D eigenvalue weighted by Crippen LogP contribution is -2.13. The zero-order valence-electron chi connectivity index (χ0n) is 15.3. The van der Waals surface area contributed by atoms with E-state index in [0.29, 0.717) is 34.6 Å². The van der Waals surface area contributed by atoms with Crippen LogP contribution in [0.15, 0.2) is 47.8 Å². The Bertz CT molecular complexity index is 939. The third kappa shape index (κ3) is 4.20. The SMILES string of the molecule is CCOc1ccccc1C(=O)Nc1nc(-c2ccc(OC)c(OC)c2)cs1. The number of benzene rings is 2. The van der Waals surface area contributed by atoms with Crippen molar-refractivity contribution < 1.29 is 19.0 Å². The van der Waals surface area contributed by atoms with Crippen LogP contribution in [0.1, 0.15) is 17.3 Å². The van der Waals surface area contributed by atoms with Crippen molar-refractivity contribution in [3.8, 4) is 28.5 Å². The lowest BCUT2D eigenvalue weighted by molar-refractivity contribution is 0.102. The first-order valence-electron chi connectivity index (χ1n) is 8.37. The summed E-state index contributed by atoms with van der Waals surface area (Å²) in [6, 6.07) is 12.7. The van der Waals surface area contributed by atoms with Gasteiger partial charge < -0.3 is 14.2 Å². The fourth-order valence-corrected chi connectivity index (χ4v) is 3.27. The molecule has 0 spiro atoms. The molecule has 7 heteroatoms. The Balaban J connectivity index is 1.80. The van der Waals surface area contributed by atoms with Gasteiger partial charge in [-0.05, 0) is 37.3 Å². The summed E-state index contributed by atoms with van der Waals surface area (Å²) >= 11 is 1.35. The minimum atomic E-state index is -0.257. The van der Waals surface area contributed by atoms with Crippen molar-refractivity contribution in [2.24, 2.45) is 0 Å². The average molecular weight is 384 g/mol. The van der Waals surface area contributed by atoms with E-state index in [1.165, 1.54) is 11.3 Å². The molecule has 1 N–H and O–H groups in total. The Kier molecular flexibility index (Phi) is 5.93. The van der Waals surface area contributed by atoms with Gasteiger partial charge in [0.2, 0.25) is 0 Å². The van der Waals surface area contributed by atoms with E-state index in [1.807, 2.05) is 36.6 Å². The predicted octanol–water partition coefficient (Wildman–Crippen LogP) is 4.48. The summed E-state index contributed by atoms with van der Waals surface area (Å²) in [4.78, 5) is 17.1. The van der Waals surface area contributed by atoms with E-state index >= 15 is 0 Å². The number of hydrogen-bond donors (Lipinski definition) is 1. The molecule has 0 bridgehead atoms. The van der Waals surface area contributed by atoms with E-state index < -0.39 is 0 Å². The van der Waals surface area contributed by atoms with Crippen molar-refractivity contribution in [1.82, 2.24) is 4.98 Å². The van der Waals surface area contributed by atoms with Gasteiger partial charge in [0.15, 0.2) is 16.6 Å². The monoisotopic (exact) mass is 384 g/mol. The molecule has 3 rings (SSSR count). The molecule has 0 aliphatic heterocycles. The predicted molar refractivity (Wildman–Crippen MR) is 106 cm³/mol. The molecular weight excluding hydrogens is 364 g/mol. The lowest BCUT2D eigenvalue weighted by atomic mass is 10.1. The van der Waals surface area contributed by atoms with Gasteiger partial charge in [-0.15, -0.1) is 11.3 Å². The molecule has 1 amide bonds. The Labute approximate surface area is 161 Å². The van der Waals surface area contributed by atoms with Crippen molar-refractivity contribution in [3.63, 3.8) is 0 Å². The smallest absolute Gasteiger partial charge is 0.261 e. The molecule has 1 heterocycles. The number of hydrogen-bond acceptors (Lipinski definition) is 6. The Morgan fingerprint density at radius 2 is 1.85 bits per heavy atom. The molecule has 2 aromatic carbocycles. The first-order valence-corrected chi connectivity index (χ1v) is 9.25. The van der Waals surface area contributed by atoms with Crippen LogP contribution in [0.2, 0.25) is 0 Å². The van der Waals surface area contributed by atoms with E-state index in [4.69, 9.17) is 14.2 Å². The second-order valence-electron chi connectivity index (χ2n) is 5.49. The van der Waals surface area contributed by atoms with Crippen LogP contribution in [-0.4, -0.2) is 31.7 Å². The van der Waals surface area contributed by atoms with Crippen LogP contribution in [0.3, 0.4) is 0 Å². The largest absolute Gasteiger partial charge is 0.493 e. The minimum Gasteiger partial charge on any atom is -0.493 e. The summed E-state index contributed by atoms with van der Waals surface area (Å²) in [5.74, 6) is 1.57. The maximum absolute atomic E-state index is 12.6. The van der Waals surface area contributed by atoms with E-state index in [9.17, 15) is 4.79 Å². The summed E-state index contributed by atoms with van der Waals surface area (Å²) in [5.41, 5.74) is 2.09. The fourth-order valence-electron chi connectivity index (χ4n) is 2.56. The zero-order valence-corrected chi connectivity index (χ0v) is 16.1. The number of anilines is 1. The molecule has 0 unspecified atom stereocenters. The van der Waals surface area contributed by atoms with Crippen molar-refractivity contribution in [3.05, 3.63) is 53.4 Å². The third-order valence-electron chi connectivity index (χ3n) is 3.84. The van der Waals surface area contributed by atoms with E-state index in [-0.39, 0.29) is 5.91 Å². The number of para-hydroxylation sites is 1. The molecule has 0 aliphatic carbocycles. The van der Waals surface area contributed by atoms with Crippen molar-refractivity contribution in [2.45, 2.75) is 6.92 Å². The molecule has 0 radical (unpaired) electrons. The van der Waals surface area contributed by atoms with E-state index in [0.717, 1.165) is 11.3 Å². The van der Waals surface area contributed by atoms with Gasteiger partial charge in [0, 0.05) is 10.9 Å². The van der Waals surface area contributed by atoms with Crippen LogP contribution in [0.5, 0.6) is 17.2 Å². The Hall–Kier alpha value is -3.06. The summed E-state index contributed by atoms with van der Waals surface area (Å²) in [6.45, 7) is 2.37. The summed E-state index contributed by atoms with van der Waals surface area (Å²) in [5, 5.41) is 5.22. The lowest BCUT2D eigenvalue weighted by Gasteiger charge is -2.09. The average Bonchev–Trinajstić information content (AvgIpc) is 3.16. The molecule has 0 atom stereocenters. The fraction of sp³-hybridized carbons (Fsp3) is 0.200. The van der Waals surface area contributed by atoms with Crippen molar-refractivity contribution >= 4 is 22.4 Å². The molecule has 0 fully saturated rings. The molecular formula is C20H20N2O4S. The number of methoxy groups -OCH3 is 2. The standard InChI is InChI=1S/C20H20N2O4S/c1-4-26-16-8-6-5-7-14(16)19(23)22-20-21-15(12-27-20)13-9-10-17(24-2)18(11-13)25-3/h5-12H,4H2,1-3H3,(H,21,22,23). The highest BCUT2D eigenvalue weighted by molar-refractivity contribution is 7.14. The quantitative estimate of drug-likeness (QED) is 0.650. The van der Waals surface area contributed by atoms with Crippen LogP contribution in [0.25, 0.3) is 11.3 Å². The van der Waals surface area contributed by atoms with Gasteiger partial charge >= 0.3 is 0 Å². The highest BCUT2D eigenvalue weighted by Gasteiger charge is 2.15. The summed E-state index contributed by atoms with van der Waals surface area (Å²) in [7, 11) is 3.18. The zero-order chi connectivity index (χ0) is 19.2. The Morgan fingerprint density at radius 3 is 2.59 bits per heavy atom. The number of aromatic nitrogens is 1. The highest BCUT2D eigenvalue weighted by Crippen LogP contribution is 2.33. The van der Waals surface area contributed by atoms with Crippen LogP contribution >= 0.6 is 11.3 Å². The molecule has 27 heavy (non-hydrogen) atoms. The molecule has 0 saturated heterocycles. The van der Waals surface area contributed by atoms with E-state index in [1.54, 1.807) is 32.4 Å². The van der Waals surface area contributed by atoms with Crippen LogP contribution < -0.4 is 19.5 Å². The number of thiazole rings is 1. The minimum absolute atomic E-state index is 0.257. The van der Waals surface area contributed by atoms with Gasteiger partial charge in [0.25, 0.3) is 5.91 Å². The third-order valence-corrected chi connectivity index (χ3v) is 4.59. The number of nitrogens with zero attached hydrogens (tertiary/aromatic N) is 1. The van der Waals surface area contributed by atoms with Crippen LogP contribution in [-0.2, 0) is 0 Å². The number of carbonyl (C=O) groups is 1. The topological polar surface area (TPSA) is 69.7 Å². The van der Waals surface area contributed by atoms with Gasteiger partial charge in [-0.25, -0.2) is 4.98 Å². The first kappa shape index (κ1) is 18.7. The Morgan fingerprint density at radius 1 is 1.07 bits per heavy atom. The number of nitrogens with one attached hydrogen (secondary N) is 1. The van der Waals surface area contributed by atoms with Crippen LogP contribution in [0.4, 0.5) is 5.13 Å². The summed E-state index contributed by atoms with van der Waals surface area (Å²) in [6.07, 6.45) is 0. The number of ether oxygens (including phenoxy) is 3. The second-order valence-corrected chi connectivity index (χ2v) is 6.35. The maximum atomic E-state index is 12.6. The van der Waals surface area contributed by atoms with Gasteiger partial charge in [0.05, 0.1) is 32.1 Å². The van der Waals surface area contributed by atoms with Crippen LogP contribution in [0, 0.1) is 0 Å². The first-order chi connectivity index (χ1) is 13.2. The van der Waals surface area contributed by atoms with Gasteiger partial charge in [-0.3, -0.25) is 10.1 Å². The molecule has 1 aromatic heterocycles. The van der Waals surface area contributed by atoms with Crippen molar-refractivity contribution in [2.75, 3.05) is 26.1 Å². The molecule has 0 aliphatic rings. The number of amides is 1. The molecule has 6 nitrogen and oxygen atoms in total. The molecule has 3 aromatic rings. The number of carbonyl (C=O) groups excluding carboxylic acids is 1. The number of rotatable bonds is 7. The highest BCUT2D eigenvalue weighted by atomic mass is 32.1. The second kappa shape index (κ2) is 8.55. The molecule has 0 saturated carbocycles. The van der Waals surface area contributed by atoms with Crippen molar-refractivity contribution in [1.29, 1.82) is 0 Å².